The van der Waals surface area contributed by atoms with Crippen LogP contribution in [-0.2, 0) is 30.3 Å². The highest BCUT2D eigenvalue weighted by Gasteiger charge is 2.29. The molecular formula is C24H29N3O5. The lowest BCUT2D eigenvalue weighted by Crippen LogP contribution is -2.54. The summed E-state index contributed by atoms with van der Waals surface area (Å²) in [5.74, 6) is -1.98. The first-order valence-corrected chi connectivity index (χ1v) is 10.9. The lowest BCUT2D eigenvalue weighted by molar-refractivity contribution is -0.148. The van der Waals surface area contributed by atoms with E-state index in [1.165, 1.54) is 6.92 Å². The summed E-state index contributed by atoms with van der Waals surface area (Å²) in [6, 6.07) is 6.57. The standard InChI is InChI=1S/C24H29N3O5/c1-16-22(29)27-20(15-18-10-6-3-7-11-18)24(31)32-13-12-21(28)26-19(23(30)25-16)14-17-8-4-2-5-9-17/h3-4,6-11,16,19-20H,2,5,12-15H2,1H3,(H,25,30)(H,26,28)(H,27,29)/t16-,19-,20+/m0/s1. The molecule has 3 rings (SSSR count). The van der Waals surface area contributed by atoms with Crippen molar-refractivity contribution < 1.29 is 23.9 Å². The topological polar surface area (TPSA) is 114 Å². The Morgan fingerprint density at radius 1 is 0.906 bits per heavy atom. The molecule has 3 atom stereocenters. The van der Waals surface area contributed by atoms with E-state index in [1.54, 1.807) is 0 Å². The summed E-state index contributed by atoms with van der Waals surface area (Å²) >= 11 is 0. The van der Waals surface area contributed by atoms with E-state index in [0.29, 0.717) is 6.42 Å². The molecule has 1 fully saturated rings. The van der Waals surface area contributed by atoms with E-state index >= 15 is 0 Å². The lowest BCUT2D eigenvalue weighted by atomic mass is 9.99. The Labute approximate surface area is 187 Å². The lowest BCUT2D eigenvalue weighted by Gasteiger charge is -2.23. The number of ether oxygens (including phenoxy) is 1. The number of amides is 3. The van der Waals surface area contributed by atoms with E-state index in [9.17, 15) is 19.2 Å². The predicted molar refractivity (Wildman–Crippen MR) is 118 cm³/mol. The van der Waals surface area contributed by atoms with Gasteiger partial charge in [-0.3, -0.25) is 14.4 Å². The fourth-order valence-electron chi connectivity index (χ4n) is 3.59. The highest BCUT2D eigenvalue weighted by molar-refractivity contribution is 5.94. The number of esters is 1. The van der Waals surface area contributed by atoms with Crippen molar-refractivity contribution in [2.75, 3.05) is 6.61 Å². The maximum Gasteiger partial charge on any atom is 0.328 e. The van der Waals surface area contributed by atoms with Crippen LogP contribution in [0.2, 0.25) is 0 Å². The molecule has 2 aliphatic rings. The molecule has 1 heterocycles. The number of carbonyl (C=O) groups is 4. The van der Waals surface area contributed by atoms with Crippen LogP contribution in [0, 0.1) is 0 Å². The van der Waals surface area contributed by atoms with Gasteiger partial charge in [-0.2, -0.15) is 0 Å². The highest BCUT2D eigenvalue weighted by Crippen LogP contribution is 2.16. The zero-order valence-electron chi connectivity index (χ0n) is 18.1. The molecule has 0 spiro atoms. The van der Waals surface area contributed by atoms with Crippen LogP contribution in [0.25, 0.3) is 0 Å². The highest BCUT2D eigenvalue weighted by atomic mass is 16.5. The van der Waals surface area contributed by atoms with Gasteiger partial charge in [-0.1, -0.05) is 48.6 Å². The van der Waals surface area contributed by atoms with Crippen LogP contribution in [-0.4, -0.2) is 48.4 Å². The quantitative estimate of drug-likeness (QED) is 0.613. The normalized spacial score (nSPS) is 25.2. The maximum atomic E-state index is 12.9. The molecule has 1 aromatic carbocycles. The number of rotatable bonds is 4. The minimum Gasteiger partial charge on any atom is -0.464 e. The summed E-state index contributed by atoms with van der Waals surface area (Å²) in [4.78, 5) is 50.6. The molecular weight excluding hydrogens is 410 g/mol. The van der Waals surface area contributed by atoms with Crippen LogP contribution in [0.4, 0.5) is 0 Å². The summed E-state index contributed by atoms with van der Waals surface area (Å²) in [5.41, 5.74) is 1.80. The average molecular weight is 440 g/mol. The molecule has 0 saturated carbocycles. The molecule has 1 aromatic rings. The number of carbonyl (C=O) groups excluding carboxylic acids is 4. The largest absolute Gasteiger partial charge is 0.464 e. The number of nitrogens with one attached hydrogen (secondary N) is 3. The van der Waals surface area contributed by atoms with Gasteiger partial charge in [0.1, 0.15) is 24.7 Å². The summed E-state index contributed by atoms with van der Waals surface area (Å²) in [7, 11) is 0. The number of allylic oxidation sites excluding steroid dienone is 3. The van der Waals surface area contributed by atoms with E-state index in [4.69, 9.17) is 4.74 Å². The van der Waals surface area contributed by atoms with E-state index in [0.717, 1.165) is 24.0 Å². The first-order valence-electron chi connectivity index (χ1n) is 10.9. The molecule has 8 heteroatoms. The Balaban J connectivity index is 1.75. The Morgan fingerprint density at radius 3 is 2.41 bits per heavy atom. The Kier molecular flexibility index (Phi) is 8.19. The average Bonchev–Trinajstić information content (AvgIpc) is 2.79. The summed E-state index contributed by atoms with van der Waals surface area (Å²) in [6.45, 7) is 1.40. The number of cyclic esters (lactones) is 1. The first kappa shape index (κ1) is 23.2. The Morgan fingerprint density at radius 2 is 1.69 bits per heavy atom. The first-order chi connectivity index (χ1) is 15.4. The molecule has 3 amide bonds. The molecule has 32 heavy (non-hydrogen) atoms. The van der Waals surface area contributed by atoms with Crippen LogP contribution < -0.4 is 16.0 Å². The number of hydrogen-bond donors (Lipinski definition) is 3. The summed E-state index contributed by atoms with van der Waals surface area (Å²) in [5, 5.41) is 8.04. The van der Waals surface area contributed by atoms with Crippen molar-refractivity contribution in [1.29, 1.82) is 0 Å². The van der Waals surface area contributed by atoms with Gasteiger partial charge in [-0.15, -0.1) is 0 Å². The van der Waals surface area contributed by atoms with Crippen molar-refractivity contribution in [3.05, 3.63) is 59.7 Å². The molecule has 1 saturated heterocycles. The summed E-state index contributed by atoms with van der Waals surface area (Å²) in [6.07, 6.45) is 8.30. The fraction of sp³-hybridized carbons (Fsp3) is 0.417. The Hall–Kier alpha value is -3.42. The third kappa shape index (κ3) is 6.80. The van der Waals surface area contributed by atoms with Crippen molar-refractivity contribution in [3.63, 3.8) is 0 Å². The third-order valence-corrected chi connectivity index (χ3v) is 5.37. The van der Waals surface area contributed by atoms with Gasteiger partial charge in [0.15, 0.2) is 0 Å². The van der Waals surface area contributed by atoms with Gasteiger partial charge in [0.2, 0.25) is 17.7 Å². The van der Waals surface area contributed by atoms with Crippen molar-refractivity contribution >= 4 is 23.7 Å². The minimum atomic E-state index is -0.929. The second-order valence-electron chi connectivity index (χ2n) is 7.98. The van der Waals surface area contributed by atoms with Crippen molar-refractivity contribution in [2.24, 2.45) is 0 Å². The molecule has 0 radical (unpaired) electrons. The van der Waals surface area contributed by atoms with Crippen LogP contribution >= 0.6 is 0 Å². The SMILES string of the molecule is C[C@@H]1NC(=O)[C@H](CC2=CCCC=C2)NC(=O)CCOC(=O)[C@@H](Cc2ccccc2)NC1=O. The van der Waals surface area contributed by atoms with Gasteiger partial charge in [-0.05, 0) is 30.9 Å². The smallest absolute Gasteiger partial charge is 0.328 e. The van der Waals surface area contributed by atoms with Gasteiger partial charge >= 0.3 is 5.97 Å². The Bertz CT molecular complexity index is 909. The maximum absolute atomic E-state index is 12.9. The molecule has 0 bridgehead atoms. The summed E-state index contributed by atoms with van der Waals surface area (Å²) < 4.78 is 5.26. The second-order valence-corrected chi connectivity index (χ2v) is 7.98. The number of hydrogen-bond acceptors (Lipinski definition) is 5. The van der Waals surface area contributed by atoms with E-state index in [1.807, 2.05) is 48.6 Å². The van der Waals surface area contributed by atoms with E-state index in [2.05, 4.69) is 16.0 Å². The zero-order valence-corrected chi connectivity index (χ0v) is 18.1. The van der Waals surface area contributed by atoms with E-state index in [-0.39, 0.29) is 19.4 Å². The molecule has 1 aliphatic heterocycles. The van der Waals surface area contributed by atoms with Gasteiger partial charge in [0.25, 0.3) is 0 Å². The second kappa shape index (κ2) is 11.3. The molecule has 8 nitrogen and oxygen atoms in total. The third-order valence-electron chi connectivity index (χ3n) is 5.37. The molecule has 3 N–H and O–H groups in total. The van der Waals surface area contributed by atoms with Gasteiger partial charge in [0.05, 0.1) is 6.42 Å². The zero-order chi connectivity index (χ0) is 22.9. The van der Waals surface area contributed by atoms with Crippen LogP contribution in [0.5, 0.6) is 0 Å². The molecule has 0 aromatic heterocycles. The monoisotopic (exact) mass is 439 g/mol. The molecule has 170 valence electrons. The predicted octanol–water partition coefficient (Wildman–Crippen LogP) is 1.32. The van der Waals surface area contributed by atoms with Crippen molar-refractivity contribution in [1.82, 2.24) is 16.0 Å². The van der Waals surface area contributed by atoms with E-state index < -0.39 is 41.8 Å². The van der Waals surface area contributed by atoms with Crippen LogP contribution in [0.15, 0.2) is 54.1 Å². The van der Waals surface area contributed by atoms with Crippen molar-refractivity contribution in [3.8, 4) is 0 Å². The van der Waals surface area contributed by atoms with Crippen LogP contribution in [0.3, 0.4) is 0 Å². The van der Waals surface area contributed by atoms with Gasteiger partial charge in [-0.25, -0.2) is 4.79 Å². The van der Waals surface area contributed by atoms with Crippen molar-refractivity contribution in [2.45, 2.75) is 57.2 Å². The van der Waals surface area contributed by atoms with Gasteiger partial charge < -0.3 is 20.7 Å². The minimum absolute atomic E-state index is 0.0774. The molecule has 0 unspecified atom stereocenters. The molecule has 1 aliphatic carbocycles. The number of benzene rings is 1. The van der Waals surface area contributed by atoms with Gasteiger partial charge in [0, 0.05) is 12.8 Å². The fourth-order valence-corrected chi connectivity index (χ4v) is 3.59. The van der Waals surface area contributed by atoms with Crippen LogP contribution in [0.1, 0.15) is 38.2 Å².